The molecule has 20 heavy (non-hydrogen) atoms. The SMILES string of the molecule is O=C(C1C2CC3CC(C2)CC1C3)N1CCCCC1CBr. The average molecular weight is 340 g/mol. The fourth-order valence-electron chi connectivity index (χ4n) is 5.97. The Kier molecular flexibility index (Phi) is 3.60. The summed E-state index contributed by atoms with van der Waals surface area (Å²) in [6.45, 7) is 1.01. The third kappa shape index (κ3) is 2.15. The lowest BCUT2D eigenvalue weighted by Gasteiger charge is -2.55. The van der Waals surface area contributed by atoms with E-state index in [9.17, 15) is 4.79 Å². The van der Waals surface area contributed by atoms with Gasteiger partial charge in [-0.15, -0.1) is 0 Å². The minimum Gasteiger partial charge on any atom is -0.339 e. The number of piperidine rings is 1. The molecule has 4 saturated carbocycles. The van der Waals surface area contributed by atoms with Crippen molar-refractivity contribution in [3.63, 3.8) is 0 Å². The Balaban J connectivity index is 1.53. The number of carbonyl (C=O) groups excluding carboxylic acids is 1. The Morgan fingerprint density at radius 2 is 1.65 bits per heavy atom. The maximum atomic E-state index is 13.2. The quantitative estimate of drug-likeness (QED) is 0.700. The van der Waals surface area contributed by atoms with Gasteiger partial charge >= 0.3 is 0 Å². The summed E-state index contributed by atoms with van der Waals surface area (Å²) >= 11 is 3.63. The molecule has 4 aliphatic carbocycles. The van der Waals surface area contributed by atoms with Crippen LogP contribution in [0.25, 0.3) is 0 Å². The molecule has 112 valence electrons. The minimum atomic E-state index is 0.391. The van der Waals surface area contributed by atoms with Crippen LogP contribution in [0, 0.1) is 29.6 Å². The van der Waals surface area contributed by atoms with Crippen molar-refractivity contribution in [2.75, 3.05) is 11.9 Å². The van der Waals surface area contributed by atoms with E-state index in [1.807, 2.05) is 0 Å². The van der Waals surface area contributed by atoms with Gasteiger partial charge in [-0.2, -0.15) is 0 Å². The number of halogens is 1. The van der Waals surface area contributed by atoms with E-state index in [0.717, 1.165) is 35.5 Å². The molecule has 0 aromatic heterocycles. The second-order valence-electron chi connectivity index (χ2n) is 7.79. The van der Waals surface area contributed by atoms with Gasteiger partial charge in [-0.25, -0.2) is 0 Å². The van der Waals surface area contributed by atoms with Gasteiger partial charge in [0, 0.05) is 23.8 Å². The summed E-state index contributed by atoms with van der Waals surface area (Å²) < 4.78 is 0. The van der Waals surface area contributed by atoms with E-state index in [1.54, 1.807) is 0 Å². The Morgan fingerprint density at radius 1 is 1.00 bits per heavy atom. The summed E-state index contributed by atoms with van der Waals surface area (Å²) in [6.07, 6.45) is 10.6. The average Bonchev–Trinajstić information content (AvgIpc) is 2.46. The molecular formula is C17H26BrNO. The molecule has 1 aliphatic heterocycles. The highest BCUT2D eigenvalue weighted by Crippen LogP contribution is 2.57. The molecule has 0 spiro atoms. The zero-order valence-corrected chi connectivity index (χ0v) is 13.9. The zero-order valence-electron chi connectivity index (χ0n) is 12.3. The van der Waals surface area contributed by atoms with E-state index in [2.05, 4.69) is 20.8 Å². The van der Waals surface area contributed by atoms with Gasteiger partial charge in [0.05, 0.1) is 0 Å². The Bertz CT molecular complexity index is 368. The predicted molar refractivity (Wildman–Crippen MR) is 83.7 cm³/mol. The highest BCUT2D eigenvalue weighted by Gasteiger charge is 2.52. The minimum absolute atomic E-state index is 0.391. The van der Waals surface area contributed by atoms with Gasteiger partial charge in [0.1, 0.15) is 0 Å². The van der Waals surface area contributed by atoms with Crippen LogP contribution in [0.5, 0.6) is 0 Å². The Hall–Kier alpha value is -0.0500. The van der Waals surface area contributed by atoms with E-state index >= 15 is 0 Å². The van der Waals surface area contributed by atoms with Crippen LogP contribution in [0.1, 0.15) is 51.4 Å². The van der Waals surface area contributed by atoms with Gasteiger partial charge in [-0.05, 0) is 75.0 Å². The number of rotatable bonds is 2. The maximum absolute atomic E-state index is 13.2. The van der Waals surface area contributed by atoms with Gasteiger partial charge < -0.3 is 4.90 Å². The lowest BCUT2D eigenvalue weighted by molar-refractivity contribution is -0.152. The first kappa shape index (κ1) is 13.6. The summed E-state index contributed by atoms with van der Waals surface area (Å²) in [5.74, 6) is 4.32. The molecule has 0 radical (unpaired) electrons. The third-order valence-corrected chi connectivity index (χ3v) is 7.35. The van der Waals surface area contributed by atoms with Crippen LogP contribution in [0.3, 0.4) is 0 Å². The Labute approximate surface area is 130 Å². The van der Waals surface area contributed by atoms with Crippen LogP contribution in [0.4, 0.5) is 0 Å². The number of likely N-dealkylation sites (tertiary alicyclic amines) is 1. The number of hydrogen-bond acceptors (Lipinski definition) is 1. The number of amides is 1. The van der Waals surface area contributed by atoms with Crippen LogP contribution in [-0.2, 0) is 4.79 Å². The highest BCUT2D eigenvalue weighted by molar-refractivity contribution is 9.09. The number of carbonyl (C=O) groups is 1. The maximum Gasteiger partial charge on any atom is 0.226 e. The monoisotopic (exact) mass is 339 g/mol. The van der Waals surface area contributed by atoms with Crippen molar-refractivity contribution >= 4 is 21.8 Å². The van der Waals surface area contributed by atoms with Gasteiger partial charge in [0.15, 0.2) is 0 Å². The van der Waals surface area contributed by atoms with Crippen LogP contribution >= 0.6 is 15.9 Å². The van der Waals surface area contributed by atoms with Crippen LogP contribution in [-0.4, -0.2) is 28.7 Å². The molecule has 0 N–H and O–H groups in total. The largest absolute Gasteiger partial charge is 0.339 e. The lowest BCUT2D eigenvalue weighted by atomic mass is 9.51. The molecule has 1 atom stereocenters. The number of nitrogens with zero attached hydrogens (tertiary/aromatic N) is 1. The van der Waals surface area contributed by atoms with Gasteiger partial charge in [0.25, 0.3) is 0 Å². The normalized spacial score (nSPS) is 46.8. The second kappa shape index (κ2) is 5.30. The first-order valence-electron chi connectivity index (χ1n) is 8.62. The fourth-order valence-corrected chi connectivity index (χ4v) is 6.64. The topological polar surface area (TPSA) is 20.3 Å². The molecule has 2 nitrogen and oxygen atoms in total. The molecule has 5 rings (SSSR count). The van der Waals surface area contributed by atoms with Gasteiger partial charge in [-0.1, -0.05) is 15.9 Å². The molecule has 3 heteroatoms. The van der Waals surface area contributed by atoms with E-state index in [0.29, 0.717) is 17.9 Å². The van der Waals surface area contributed by atoms with Crippen molar-refractivity contribution in [2.45, 2.75) is 57.4 Å². The van der Waals surface area contributed by atoms with Crippen LogP contribution in [0.2, 0.25) is 0 Å². The first-order valence-corrected chi connectivity index (χ1v) is 9.75. The van der Waals surface area contributed by atoms with Crippen molar-refractivity contribution < 1.29 is 4.79 Å². The van der Waals surface area contributed by atoms with Crippen molar-refractivity contribution in [3.8, 4) is 0 Å². The van der Waals surface area contributed by atoms with E-state index in [-0.39, 0.29) is 0 Å². The molecule has 0 aromatic carbocycles. The summed E-state index contributed by atoms with van der Waals surface area (Å²) in [5.41, 5.74) is 0. The van der Waals surface area contributed by atoms with Crippen molar-refractivity contribution in [1.29, 1.82) is 0 Å². The molecule has 1 unspecified atom stereocenters. The zero-order chi connectivity index (χ0) is 13.7. The third-order valence-electron chi connectivity index (χ3n) is 6.60. The van der Waals surface area contributed by atoms with Crippen LogP contribution < -0.4 is 0 Å². The second-order valence-corrected chi connectivity index (χ2v) is 8.44. The smallest absolute Gasteiger partial charge is 0.226 e. The summed E-state index contributed by atoms with van der Waals surface area (Å²) in [5, 5.41) is 0.964. The molecule has 1 saturated heterocycles. The lowest BCUT2D eigenvalue weighted by Crippen LogP contribution is -2.55. The molecule has 5 aliphatic rings. The van der Waals surface area contributed by atoms with E-state index < -0.39 is 0 Å². The fraction of sp³-hybridized carbons (Fsp3) is 0.941. The number of hydrogen-bond donors (Lipinski definition) is 0. The van der Waals surface area contributed by atoms with Gasteiger partial charge in [0.2, 0.25) is 5.91 Å². The highest BCUT2D eigenvalue weighted by atomic mass is 79.9. The standard InChI is InChI=1S/C17H26BrNO/c18-10-15-3-1-2-4-19(15)17(20)16-13-6-11-5-12(8-13)9-14(16)7-11/h11-16H,1-10H2. The molecular weight excluding hydrogens is 314 g/mol. The summed E-state index contributed by atoms with van der Waals surface area (Å²) in [4.78, 5) is 15.4. The summed E-state index contributed by atoms with van der Waals surface area (Å²) in [7, 11) is 0. The first-order chi connectivity index (χ1) is 9.76. The number of alkyl halides is 1. The van der Waals surface area contributed by atoms with Crippen LogP contribution in [0.15, 0.2) is 0 Å². The van der Waals surface area contributed by atoms with Crippen molar-refractivity contribution in [1.82, 2.24) is 4.90 Å². The molecule has 4 bridgehead atoms. The Morgan fingerprint density at radius 3 is 2.25 bits per heavy atom. The van der Waals surface area contributed by atoms with Crippen molar-refractivity contribution in [3.05, 3.63) is 0 Å². The molecule has 0 aromatic rings. The summed E-state index contributed by atoms with van der Waals surface area (Å²) in [6, 6.07) is 0.466. The predicted octanol–water partition coefficient (Wildman–Crippen LogP) is 3.83. The van der Waals surface area contributed by atoms with E-state index in [1.165, 1.54) is 51.4 Å². The van der Waals surface area contributed by atoms with E-state index in [4.69, 9.17) is 0 Å². The molecule has 1 heterocycles. The van der Waals surface area contributed by atoms with Gasteiger partial charge in [-0.3, -0.25) is 4.79 Å². The molecule has 5 fully saturated rings. The van der Waals surface area contributed by atoms with Crippen molar-refractivity contribution in [2.24, 2.45) is 29.6 Å². The molecule has 1 amide bonds.